The van der Waals surface area contributed by atoms with Crippen molar-refractivity contribution in [1.82, 2.24) is 19.7 Å². The summed E-state index contributed by atoms with van der Waals surface area (Å²) < 4.78 is 11.6. The van der Waals surface area contributed by atoms with E-state index in [1.54, 1.807) is 24.9 Å². The monoisotopic (exact) mass is 485 g/mol. The molecule has 0 spiro atoms. The fourth-order valence-electron chi connectivity index (χ4n) is 3.37. The van der Waals surface area contributed by atoms with Crippen LogP contribution in [0.15, 0.2) is 36.9 Å². The zero-order valence-electron chi connectivity index (χ0n) is 19.7. The third-order valence-electron chi connectivity index (χ3n) is 5.36. The molecular formula is C23H27N5O5S. The number of benzene rings is 1. The van der Waals surface area contributed by atoms with Crippen molar-refractivity contribution < 1.29 is 23.9 Å². The van der Waals surface area contributed by atoms with Gasteiger partial charge in [0.05, 0.1) is 31.5 Å². The van der Waals surface area contributed by atoms with Crippen LogP contribution in [-0.2, 0) is 14.3 Å². The van der Waals surface area contributed by atoms with E-state index in [1.807, 2.05) is 43.1 Å². The van der Waals surface area contributed by atoms with Gasteiger partial charge in [-0.25, -0.2) is 19.3 Å². The molecule has 3 rings (SSSR count). The molecule has 1 amide bonds. The summed E-state index contributed by atoms with van der Waals surface area (Å²) in [6.45, 7) is 5.55. The molecule has 180 valence electrons. The standard InChI is InChI=1S/C23H27N5O5S/c1-6-33-22(30)19-14(2)20(23(31)32-5)34-21(19)26-18(29)11-27(4)15(3)16-7-9-17(10-8-16)28-13-24-12-25-28/h7-10,12-13,15H,6,11H2,1-5H3,(H,26,29). The highest BCUT2D eigenvalue weighted by atomic mass is 32.1. The fourth-order valence-corrected chi connectivity index (χ4v) is 4.50. The molecule has 3 aromatic rings. The fraction of sp³-hybridized carbons (Fsp3) is 0.348. The van der Waals surface area contributed by atoms with Crippen molar-refractivity contribution in [2.75, 3.05) is 32.6 Å². The normalized spacial score (nSPS) is 11.8. The first-order valence-corrected chi connectivity index (χ1v) is 11.4. The first-order chi connectivity index (χ1) is 16.3. The Labute approximate surface area is 201 Å². The van der Waals surface area contributed by atoms with Crippen molar-refractivity contribution in [3.63, 3.8) is 0 Å². The van der Waals surface area contributed by atoms with Gasteiger partial charge in [-0.15, -0.1) is 11.3 Å². The van der Waals surface area contributed by atoms with Crippen LogP contribution in [0.5, 0.6) is 0 Å². The second-order valence-electron chi connectivity index (χ2n) is 7.54. The van der Waals surface area contributed by atoms with Crippen LogP contribution < -0.4 is 5.32 Å². The predicted octanol–water partition coefficient (Wildman–Crippen LogP) is 3.23. The van der Waals surface area contributed by atoms with Crippen LogP contribution >= 0.6 is 11.3 Å². The molecule has 10 nitrogen and oxygen atoms in total. The highest BCUT2D eigenvalue weighted by molar-refractivity contribution is 7.18. The Morgan fingerprint density at radius 1 is 1.21 bits per heavy atom. The highest BCUT2D eigenvalue weighted by Gasteiger charge is 2.27. The number of rotatable bonds is 9. The number of thiophene rings is 1. The Bertz CT molecular complexity index is 1160. The van der Waals surface area contributed by atoms with Gasteiger partial charge < -0.3 is 14.8 Å². The van der Waals surface area contributed by atoms with E-state index in [0.29, 0.717) is 5.56 Å². The van der Waals surface area contributed by atoms with Crippen molar-refractivity contribution in [1.29, 1.82) is 0 Å². The van der Waals surface area contributed by atoms with E-state index in [1.165, 1.54) is 13.4 Å². The second kappa shape index (κ2) is 11.0. The molecule has 11 heteroatoms. The van der Waals surface area contributed by atoms with Gasteiger partial charge in [-0.1, -0.05) is 12.1 Å². The van der Waals surface area contributed by atoms with Crippen LogP contribution in [0, 0.1) is 6.92 Å². The molecule has 1 N–H and O–H groups in total. The van der Waals surface area contributed by atoms with Gasteiger partial charge in [-0.05, 0) is 51.1 Å². The molecule has 0 aliphatic heterocycles. The van der Waals surface area contributed by atoms with Crippen LogP contribution in [0.3, 0.4) is 0 Å². The van der Waals surface area contributed by atoms with Crippen molar-refractivity contribution in [2.24, 2.45) is 0 Å². The maximum Gasteiger partial charge on any atom is 0.348 e. The topological polar surface area (TPSA) is 116 Å². The Hall–Kier alpha value is -3.57. The number of nitrogens with zero attached hydrogens (tertiary/aromatic N) is 4. The minimum Gasteiger partial charge on any atom is -0.465 e. The third kappa shape index (κ3) is 5.49. The lowest BCUT2D eigenvalue weighted by Crippen LogP contribution is -2.32. The van der Waals surface area contributed by atoms with Gasteiger partial charge in [0, 0.05) is 6.04 Å². The van der Waals surface area contributed by atoms with Crippen molar-refractivity contribution in [3.05, 3.63) is 58.5 Å². The van der Waals surface area contributed by atoms with Gasteiger partial charge in [-0.3, -0.25) is 9.69 Å². The summed E-state index contributed by atoms with van der Waals surface area (Å²) in [7, 11) is 3.10. The average molecular weight is 486 g/mol. The number of likely N-dealkylation sites (N-methyl/N-ethyl adjacent to an activating group) is 1. The number of anilines is 1. The molecule has 1 unspecified atom stereocenters. The first kappa shape index (κ1) is 25.1. The number of nitrogens with one attached hydrogen (secondary N) is 1. The molecule has 0 saturated heterocycles. The summed E-state index contributed by atoms with van der Waals surface area (Å²) in [6.07, 6.45) is 3.09. The number of carbonyl (C=O) groups is 3. The molecule has 1 aromatic carbocycles. The summed E-state index contributed by atoms with van der Waals surface area (Å²) in [6, 6.07) is 7.75. The van der Waals surface area contributed by atoms with Crippen molar-refractivity contribution in [2.45, 2.75) is 26.8 Å². The van der Waals surface area contributed by atoms with Crippen LogP contribution in [0.25, 0.3) is 5.69 Å². The maximum atomic E-state index is 12.8. The molecule has 34 heavy (non-hydrogen) atoms. The van der Waals surface area contributed by atoms with E-state index in [4.69, 9.17) is 9.47 Å². The van der Waals surface area contributed by atoms with E-state index in [0.717, 1.165) is 22.6 Å². The molecule has 0 bridgehead atoms. The molecule has 2 aromatic heterocycles. The first-order valence-electron chi connectivity index (χ1n) is 10.6. The summed E-state index contributed by atoms with van der Waals surface area (Å²) in [5.74, 6) is -1.50. The number of methoxy groups -OCH3 is 1. The van der Waals surface area contributed by atoms with E-state index in [2.05, 4.69) is 15.4 Å². The number of ether oxygens (including phenoxy) is 2. The Morgan fingerprint density at radius 3 is 2.50 bits per heavy atom. The van der Waals surface area contributed by atoms with Gasteiger partial charge in [0.15, 0.2) is 0 Å². The number of esters is 2. The second-order valence-corrected chi connectivity index (χ2v) is 8.56. The molecule has 0 aliphatic rings. The van der Waals surface area contributed by atoms with Gasteiger partial charge in [0.2, 0.25) is 5.91 Å². The SMILES string of the molecule is CCOC(=O)c1c(NC(=O)CN(C)C(C)c2ccc(-n3cncn3)cc2)sc(C(=O)OC)c1C. The molecule has 0 aliphatic carbocycles. The zero-order chi connectivity index (χ0) is 24.8. The maximum absolute atomic E-state index is 12.8. The van der Waals surface area contributed by atoms with Crippen molar-refractivity contribution >= 4 is 34.2 Å². The molecule has 0 fully saturated rings. The summed E-state index contributed by atoms with van der Waals surface area (Å²) in [4.78, 5) is 43.5. The lowest BCUT2D eigenvalue weighted by atomic mass is 10.1. The van der Waals surface area contributed by atoms with Gasteiger partial charge >= 0.3 is 11.9 Å². The molecule has 2 heterocycles. The van der Waals surface area contributed by atoms with E-state index >= 15 is 0 Å². The lowest BCUT2D eigenvalue weighted by molar-refractivity contribution is -0.117. The number of hydrogen-bond acceptors (Lipinski definition) is 9. The van der Waals surface area contributed by atoms with Crippen LogP contribution in [0.1, 0.15) is 51.0 Å². The summed E-state index contributed by atoms with van der Waals surface area (Å²) in [5, 5.41) is 7.14. The number of hydrogen-bond donors (Lipinski definition) is 1. The Kier molecular flexibility index (Phi) is 8.13. The number of carbonyl (C=O) groups excluding carboxylic acids is 3. The Morgan fingerprint density at radius 2 is 1.91 bits per heavy atom. The largest absolute Gasteiger partial charge is 0.465 e. The molecule has 0 radical (unpaired) electrons. The van der Waals surface area contributed by atoms with Crippen LogP contribution in [0.4, 0.5) is 5.00 Å². The van der Waals surface area contributed by atoms with E-state index < -0.39 is 11.9 Å². The van der Waals surface area contributed by atoms with Crippen molar-refractivity contribution in [3.8, 4) is 5.69 Å². The summed E-state index contributed by atoms with van der Waals surface area (Å²) in [5.41, 5.74) is 2.49. The third-order valence-corrected chi connectivity index (χ3v) is 6.55. The minimum atomic E-state index is -0.601. The number of amides is 1. The quantitative estimate of drug-likeness (QED) is 0.459. The number of aromatic nitrogens is 3. The minimum absolute atomic E-state index is 0.0595. The van der Waals surface area contributed by atoms with Gasteiger partial charge in [0.1, 0.15) is 22.5 Å². The van der Waals surface area contributed by atoms with Gasteiger partial charge in [-0.2, -0.15) is 5.10 Å². The van der Waals surface area contributed by atoms with Crippen LogP contribution in [-0.4, -0.2) is 64.8 Å². The summed E-state index contributed by atoms with van der Waals surface area (Å²) >= 11 is 0.994. The Balaban J connectivity index is 1.72. The molecule has 1 atom stereocenters. The van der Waals surface area contributed by atoms with Crippen LogP contribution in [0.2, 0.25) is 0 Å². The molecule has 0 saturated carbocycles. The highest BCUT2D eigenvalue weighted by Crippen LogP contribution is 2.34. The lowest BCUT2D eigenvalue weighted by Gasteiger charge is -2.24. The van der Waals surface area contributed by atoms with Gasteiger partial charge in [0.25, 0.3) is 0 Å². The predicted molar refractivity (Wildman–Crippen MR) is 127 cm³/mol. The van der Waals surface area contributed by atoms with E-state index in [9.17, 15) is 14.4 Å². The van der Waals surface area contributed by atoms with E-state index in [-0.39, 0.29) is 40.5 Å². The average Bonchev–Trinajstić information content (AvgIpc) is 3.46. The molecular weight excluding hydrogens is 458 g/mol. The zero-order valence-corrected chi connectivity index (χ0v) is 20.5. The smallest absolute Gasteiger partial charge is 0.348 e.